The van der Waals surface area contributed by atoms with E-state index >= 15 is 0 Å². The number of hydrogen-bond acceptors (Lipinski definition) is 3. The molecule has 0 aliphatic carbocycles. The van der Waals surface area contributed by atoms with Crippen LogP contribution in [0.5, 0.6) is 5.75 Å². The smallest absolute Gasteiger partial charge is 0.265 e. The van der Waals surface area contributed by atoms with Crippen molar-refractivity contribution in [2.45, 2.75) is 43.8 Å². The zero-order valence-corrected chi connectivity index (χ0v) is 16.8. The molecule has 0 amide bonds. The van der Waals surface area contributed by atoms with Crippen molar-refractivity contribution < 1.29 is 12.8 Å². The highest BCUT2D eigenvalue weighted by Gasteiger charge is 2.40. The third-order valence-corrected chi connectivity index (χ3v) is 9.79. The topological polar surface area (TPSA) is 43.4 Å². The van der Waals surface area contributed by atoms with Gasteiger partial charge in [0.05, 0.1) is 5.02 Å². The molecule has 0 bridgehead atoms. The highest BCUT2D eigenvalue weighted by atomic mass is 79.9. The van der Waals surface area contributed by atoms with Crippen molar-refractivity contribution in [1.29, 1.82) is 0 Å². The van der Waals surface area contributed by atoms with Crippen LogP contribution in [0.4, 0.5) is 0 Å². The predicted molar refractivity (Wildman–Crippen MR) is 90.0 cm³/mol. The summed E-state index contributed by atoms with van der Waals surface area (Å²) in [6, 6.07) is 2.99. The van der Waals surface area contributed by atoms with Crippen LogP contribution in [0.2, 0.25) is 23.2 Å². The SMILES string of the molecule is CC(C)(C)[Si](C)(C)Oc1c(Cl)cc(Br)cc1S(=O)(=O)Cl. The van der Waals surface area contributed by atoms with E-state index in [1.807, 2.05) is 13.1 Å². The fourth-order valence-corrected chi connectivity index (χ4v) is 4.44. The minimum absolute atomic E-state index is 0.0866. The van der Waals surface area contributed by atoms with E-state index in [4.69, 9.17) is 26.7 Å². The summed E-state index contributed by atoms with van der Waals surface area (Å²) < 4.78 is 30.0. The highest BCUT2D eigenvalue weighted by molar-refractivity contribution is 9.10. The molecular formula is C12H17BrCl2O3SSi. The molecule has 1 aromatic carbocycles. The zero-order valence-electron chi connectivity index (χ0n) is 11.9. The van der Waals surface area contributed by atoms with Gasteiger partial charge in [-0.25, -0.2) is 8.42 Å². The van der Waals surface area contributed by atoms with Gasteiger partial charge in [-0.05, 0) is 30.3 Å². The van der Waals surface area contributed by atoms with Crippen molar-refractivity contribution in [3.05, 3.63) is 21.6 Å². The maximum Gasteiger partial charge on any atom is 0.265 e. The Kier molecular flexibility index (Phi) is 5.30. The van der Waals surface area contributed by atoms with Gasteiger partial charge in [0, 0.05) is 15.2 Å². The number of benzene rings is 1. The van der Waals surface area contributed by atoms with Gasteiger partial charge in [-0.2, -0.15) is 0 Å². The minimum Gasteiger partial charge on any atom is -0.542 e. The van der Waals surface area contributed by atoms with Gasteiger partial charge in [-0.3, -0.25) is 0 Å². The zero-order chi connectivity index (χ0) is 15.9. The molecule has 20 heavy (non-hydrogen) atoms. The van der Waals surface area contributed by atoms with Gasteiger partial charge in [0.1, 0.15) is 10.6 Å². The van der Waals surface area contributed by atoms with Crippen LogP contribution in [0.15, 0.2) is 21.5 Å². The standard InChI is InChI=1S/C12H17BrCl2O3SSi/c1-12(2,3)20(4,5)18-11-9(14)6-8(13)7-10(11)19(15,16)17/h6-7H,1-5H3. The Morgan fingerprint density at radius 3 is 2.15 bits per heavy atom. The first-order valence-corrected chi connectivity index (χ1v) is 12.3. The lowest BCUT2D eigenvalue weighted by molar-refractivity contribution is 0.480. The van der Waals surface area contributed by atoms with E-state index < -0.39 is 17.4 Å². The van der Waals surface area contributed by atoms with Crippen LogP contribution in [-0.4, -0.2) is 16.7 Å². The summed E-state index contributed by atoms with van der Waals surface area (Å²) in [6.45, 7) is 10.2. The van der Waals surface area contributed by atoms with E-state index in [9.17, 15) is 8.42 Å². The van der Waals surface area contributed by atoms with E-state index in [0.717, 1.165) is 0 Å². The molecule has 0 fully saturated rings. The van der Waals surface area contributed by atoms with Crippen LogP contribution in [0.1, 0.15) is 20.8 Å². The molecule has 0 spiro atoms. The minimum atomic E-state index is -3.94. The molecule has 3 nitrogen and oxygen atoms in total. The normalized spacial score (nSPS) is 13.4. The van der Waals surface area contributed by atoms with Gasteiger partial charge >= 0.3 is 0 Å². The molecule has 0 aliphatic rings. The second-order valence-corrected chi connectivity index (χ2v) is 14.6. The largest absolute Gasteiger partial charge is 0.542 e. The lowest BCUT2D eigenvalue weighted by Crippen LogP contribution is -2.44. The van der Waals surface area contributed by atoms with Crippen molar-refractivity contribution in [3.8, 4) is 5.75 Å². The molecule has 1 rings (SSSR count). The molecule has 8 heteroatoms. The molecule has 0 N–H and O–H groups in total. The van der Waals surface area contributed by atoms with Gasteiger partial charge in [0.25, 0.3) is 17.4 Å². The van der Waals surface area contributed by atoms with Crippen molar-refractivity contribution >= 4 is 55.6 Å². The second kappa shape index (κ2) is 5.80. The molecule has 0 heterocycles. The third-order valence-electron chi connectivity index (χ3n) is 3.40. The third kappa shape index (κ3) is 4.13. The molecule has 0 unspecified atom stereocenters. The van der Waals surface area contributed by atoms with E-state index in [1.165, 1.54) is 6.07 Å². The Labute approximate surface area is 139 Å². The summed E-state index contributed by atoms with van der Waals surface area (Å²) in [5.41, 5.74) is 0. The van der Waals surface area contributed by atoms with Crippen LogP contribution in [0, 0.1) is 0 Å². The van der Waals surface area contributed by atoms with Gasteiger partial charge in [0.2, 0.25) is 0 Å². The summed E-state index contributed by atoms with van der Waals surface area (Å²) in [5.74, 6) is 0.136. The van der Waals surface area contributed by atoms with Crippen LogP contribution >= 0.6 is 38.2 Å². The Morgan fingerprint density at radius 1 is 1.25 bits per heavy atom. The highest BCUT2D eigenvalue weighted by Crippen LogP contribution is 2.43. The monoisotopic (exact) mass is 418 g/mol. The summed E-state index contributed by atoms with van der Waals surface area (Å²) in [6.07, 6.45) is 0. The maximum absolute atomic E-state index is 11.7. The van der Waals surface area contributed by atoms with Crippen LogP contribution in [0.3, 0.4) is 0 Å². The molecule has 1 aromatic rings. The lowest BCUT2D eigenvalue weighted by atomic mass is 10.2. The molecule has 0 aliphatic heterocycles. The van der Waals surface area contributed by atoms with Crippen LogP contribution < -0.4 is 4.43 Å². The van der Waals surface area contributed by atoms with E-state index in [-0.39, 0.29) is 20.7 Å². The summed E-state index contributed by atoms with van der Waals surface area (Å²) >= 11 is 9.35. The molecular weight excluding hydrogens is 403 g/mol. The Morgan fingerprint density at radius 2 is 1.75 bits per heavy atom. The van der Waals surface area contributed by atoms with Gasteiger partial charge < -0.3 is 4.43 Å². The second-order valence-electron chi connectivity index (χ2n) is 6.02. The first-order valence-electron chi connectivity index (χ1n) is 5.88. The molecule has 114 valence electrons. The predicted octanol–water partition coefficient (Wildman–Crippen LogP) is 5.41. The van der Waals surface area contributed by atoms with Gasteiger partial charge in [-0.1, -0.05) is 48.3 Å². The maximum atomic E-state index is 11.7. The van der Waals surface area contributed by atoms with Gasteiger partial charge in [0.15, 0.2) is 0 Å². The van der Waals surface area contributed by atoms with E-state index in [1.54, 1.807) is 6.07 Å². The lowest BCUT2D eigenvalue weighted by Gasteiger charge is -2.37. The van der Waals surface area contributed by atoms with Crippen molar-refractivity contribution in [1.82, 2.24) is 0 Å². The number of halogens is 3. The van der Waals surface area contributed by atoms with E-state index in [2.05, 4.69) is 36.7 Å². The molecule has 0 saturated carbocycles. The average molecular weight is 420 g/mol. The number of hydrogen-bond donors (Lipinski definition) is 0. The van der Waals surface area contributed by atoms with Crippen LogP contribution in [0.25, 0.3) is 0 Å². The Bertz CT molecular complexity index is 624. The average Bonchev–Trinajstić information content (AvgIpc) is 2.18. The van der Waals surface area contributed by atoms with Crippen molar-refractivity contribution in [2.75, 3.05) is 0 Å². The molecule has 0 radical (unpaired) electrons. The first-order chi connectivity index (χ1) is 8.75. The first kappa shape index (κ1) is 18.3. The fourth-order valence-electron chi connectivity index (χ4n) is 1.23. The van der Waals surface area contributed by atoms with Gasteiger partial charge in [-0.15, -0.1) is 0 Å². The quantitative estimate of drug-likeness (QED) is 0.485. The Hall–Kier alpha value is 0.247. The molecule has 0 aromatic heterocycles. The fraction of sp³-hybridized carbons (Fsp3) is 0.500. The summed E-state index contributed by atoms with van der Waals surface area (Å²) in [5, 5.41) is 0.139. The molecule has 0 saturated heterocycles. The van der Waals surface area contributed by atoms with E-state index in [0.29, 0.717) is 4.47 Å². The van der Waals surface area contributed by atoms with Crippen molar-refractivity contribution in [3.63, 3.8) is 0 Å². The van der Waals surface area contributed by atoms with Crippen LogP contribution in [-0.2, 0) is 9.05 Å². The summed E-state index contributed by atoms with van der Waals surface area (Å²) in [4.78, 5) is -0.108. The summed E-state index contributed by atoms with van der Waals surface area (Å²) in [7, 11) is -0.690. The number of rotatable bonds is 3. The Balaban J connectivity index is 3.47. The molecule has 0 atom stereocenters. The van der Waals surface area contributed by atoms with Crippen molar-refractivity contribution in [2.24, 2.45) is 0 Å².